The maximum atomic E-state index is 13.9. The van der Waals surface area contributed by atoms with Crippen molar-refractivity contribution in [2.45, 2.75) is 19.4 Å². The summed E-state index contributed by atoms with van der Waals surface area (Å²) < 4.78 is 19.9. The number of nitrogens with one attached hydrogen (secondary N) is 1. The number of likely N-dealkylation sites (N-methyl/N-ethyl adjacent to an activating group) is 1. The molecule has 154 valence electrons. The smallest absolute Gasteiger partial charge is 0.165 e. The zero-order valence-corrected chi connectivity index (χ0v) is 17.7. The summed E-state index contributed by atoms with van der Waals surface area (Å²) >= 11 is 1.63. The number of pyridine rings is 1. The van der Waals surface area contributed by atoms with E-state index in [1.54, 1.807) is 23.7 Å². The molecule has 5 rings (SSSR count). The van der Waals surface area contributed by atoms with Crippen LogP contribution in [0.25, 0.3) is 20.4 Å². The number of hydrogen-bond acceptors (Lipinski definition) is 7. The maximum absolute atomic E-state index is 13.9. The predicted molar refractivity (Wildman–Crippen MR) is 118 cm³/mol. The van der Waals surface area contributed by atoms with Crippen LogP contribution >= 0.6 is 11.3 Å². The lowest BCUT2D eigenvalue weighted by atomic mass is 10.0. The van der Waals surface area contributed by atoms with Gasteiger partial charge in [0.25, 0.3) is 0 Å². The van der Waals surface area contributed by atoms with E-state index in [1.807, 2.05) is 6.07 Å². The van der Waals surface area contributed by atoms with Crippen molar-refractivity contribution >= 4 is 37.6 Å². The molecule has 0 atom stereocenters. The molecule has 0 fully saturated rings. The Labute approximate surface area is 177 Å². The first-order valence-corrected chi connectivity index (χ1v) is 10.7. The van der Waals surface area contributed by atoms with E-state index < -0.39 is 0 Å². The van der Waals surface area contributed by atoms with Gasteiger partial charge in [-0.2, -0.15) is 0 Å². The Morgan fingerprint density at radius 3 is 3.00 bits per heavy atom. The van der Waals surface area contributed by atoms with E-state index in [9.17, 15) is 4.39 Å². The van der Waals surface area contributed by atoms with Gasteiger partial charge >= 0.3 is 0 Å². The number of benzene rings is 1. The number of methoxy groups -OCH3 is 1. The molecule has 1 aliphatic heterocycles. The summed E-state index contributed by atoms with van der Waals surface area (Å²) in [5, 5.41) is 4.48. The van der Waals surface area contributed by atoms with E-state index in [-0.39, 0.29) is 11.6 Å². The van der Waals surface area contributed by atoms with Gasteiger partial charge in [0.05, 0.1) is 17.3 Å². The fourth-order valence-electron chi connectivity index (χ4n) is 3.92. The Bertz CT molecular complexity index is 1240. The SMILES string of the molecule is COc1ccc(CCNc2ncnc3c2sc2nc4c(cc23)CN(C)CC4)cc1F. The van der Waals surface area contributed by atoms with E-state index in [0.29, 0.717) is 13.0 Å². The van der Waals surface area contributed by atoms with Gasteiger partial charge in [-0.25, -0.2) is 19.3 Å². The highest BCUT2D eigenvalue weighted by Crippen LogP contribution is 2.36. The molecule has 0 saturated heterocycles. The molecule has 8 heteroatoms. The van der Waals surface area contributed by atoms with Crippen LogP contribution in [0.2, 0.25) is 0 Å². The molecule has 1 aromatic carbocycles. The van der Waals surface area contributed by atoms with Crippen LogP contribution in [-0.4, -0.2) is 47.1 Å². The zero-order valence-electron chi connectivity index (χ0n) is 16.9. The van der Waals surface area contributed by atoms with Crippen molar-refractivity contribution < 1.29 is 9.13 Å². The van der Waals surface area contributed by atoms with Crippen LogP contribution < -0.4 is 10.1 Å². The second-order valence-electron chi connectivity index (χ2n) is 7.58. The number of fused-ring (bicyclic) bond motifs is 4. The Kier molecular flexibility index (Phi) is 4.96. The van der Waals surface area contributed by atoms with Crippen LogP contribution in [0.5, 0.6) is 5.75 Å². The summed E-state index contributed by atoms with van der Waals surface area (Å²) in [6.45, 7) is 2.60. The summed E-state index contributed by atoms with van der Waals surface area (Å²) in [5.41, 5.74) is 4.31. The third-order valence-electron chi connectivity index (χ3n) is 5.51. The van der Waals surface area contributed by atoms with E-state index in [0.717, 1.165) is 51.3 Å². The van der Waals surface area contributed by atoms with Crippen LogP contribution in [0.15, 0.2) is 30.6 Å². The molecule has 3 aromatic heterocycles. The van der Waals surface area contributed by atoms with Gasteiger partial charge in [0.1, 0.15) is 17.0 Å². The Balaban J connectivity index is 1.41. The molecule has 0 spiro atoms. The summed E-state index contributed by atoms with van der Waals surface area (Å²) in [7, 11) is 3.60. The largest absolute Gasteiger partial charge is 0.494 e. The topological polar surface area (TPSA) is 63.2 Å². The molecule has 30 heavy (non-hydrogen) atoms. The number of rotatable bonds is 5. The van der Waals surface area contributed by atoms with Crippen molar-refractivity contribution in [3.05, 3.63) is 53.2 Å². The van der Waals surface area contributed by atoms with Gasteiger partial charge in [0.15, 0.2) is 11.6 Å². The number of anilines is 1. The van der Waals surface area contributed by atoms with Crippen molar-refractivity contribution in [1.29, 1.82) is 0 Å². The van der Waals surface area contributed by atoms with Gasteiger partial charge in [0, 0.05) is 37.1 Å². The van der Waals surface area contributed by atoms with Crippen molar-refractivity contribution in [3.8, 4) is 5.75 Å². The summed E-state index contributed by atoms with van der Waals surface area (Å²) in [4.78, 5) is 17.2. The Morgan fingerprint density at radius 1 is 1.27 bits per heavy atom. The Hall–Kier alpha value is -2.84. The van der Waals surface area contributed by atoms with Crippen molar-refractivity contribution in [3.63, 3.8) is 0 Å². The quantitative estimate of drug-likeness (QED) is 0.523. The van der Waals surface area contributed by atoms with E-state index >= 15 is 0 Å². The molecule has 0 amide bonds. The average molecular weight is 424 g/mol. The van der Waals surface area contributed by atoms with E-state index in [1.165, 1.54) is 24.4 Å². The van der Waals surface area contributed by atoms with Gasteiger partial charge in [-0.05, 0) is 42.8 Å². The molecular formula is C22H22FN5OS. The van der Waals surface area contributed by atoms with E-state index in [4.69, 9.17) is 9.72 Å². The highest BCUT2D eigenvalue weighted by molar-refractivity contribution is 7.25. The third-order valence-corrected chi connectivity index (χ3v) is 6.60. The maximum Gasteiger partial charge on any atom is 0.165 e. The number of aromatic nitrogens is 3. The highest BCUT2D eigenvalue weighted by Gasteiger charge is 2.19. The molecule has 4 heterocycles. The van der Waals surface area contributed by atoms with Crippen molar-refractivity contribution in [2.24, 2.45) is 0 Å². The first kappa shape index (κ1) is 19.1. The van der Waals surface area contributed by atoms with Crippen LogP contribution in [0, 0.1) is 5.82 Å². The van der Waals surface area contributed by atoms with Gasteiger partial charge in [-0.1, -0.05) is 6.07 Å². The minimum Gasteiger partial charge on any atom is -0.494 e. The molecule has 0 bridgehead atoms. The highest BCUT2D eigenvalue weighted by atomic mass is 32.1. The molecule has 6 nitrogen and oxygen atoms in total. The van der Waals surface area contributed by atoms with Crippen molar-refractivity contribution in [2.75, 3.05) is 32.6 Å². The summed E-state index contributed by atoms with van der Waals surface area (Å²) in [6, 6.07) is 7.29. The number of thiophene rings is 1. The van der Waals surface area contributed by atoms with Crippen LogP contribution in [0.3, 0.4) is 0 Å². The minimum absolute atomic E-state index is 0.260. The van der Waals surface area contributed by atoms with E-state index in [2.05, 4.69) is 33.3 Å². The molecule has 0 saturated carbocycles. The standard InChI is InChI=1S/C22H22FN5OS/c1-28-8-6-17-14(11-28)10-15-19-20(30-22(15)27-17)21(26-12-25-19)24-7-5-13-3-4-18(29-2)16(23)9-13/h3-4,9-10,12H,5-8,11H2,1-2H3,(H,24,25,26). The first-order chi connectivity index (χ1) is 14.6. The Morgan fingerprint density at radius 2 is 2.17 bits per heavy atom. The fourth-order valence-corrected chi connectivity index (χ4v) is 5.01. The lowest BCUT2D eigenvalue weighted by molar-refractivity contribution is 0.310. The lowest BCUT2D eigenvalue weighted by Gasteiger charge is -2.23. The van der Waals surface area contributed by atoms with Gasteiger partial charge in [0.2, 0.25) is 0 Å². The predicted octanol–water partition coefficient (Wildman–Crippen LogP) is 4.03. The number of nitrogens with zero attached hydrogens (tertiary/aromatic N) is 4. The second-order valence-corrected chi connectivity index (χ2v) is 8.58. The minimum atomic E-state index is -0.343. The summed E-state index contributed by atoms with van der Waals surface area (Å²) in [6.07, 6.45) is 3.25. The molecule has 0 aliphatic carbocycles. The van der Waals surface area contributed by atoms with Crippen LogP contribution in [0.4, 0.5) is 10.2 Å². The molecule has 1 aliphatic rings. The molecule has 0 radical (unpaired) electrons. The summed E-state index contributed by atoms with van der Waals surface area (Å²) in [5.74, 6) is 0.715. The monoisotopic (exact) mass is 423 g/mol. The fraction of sp³-hybridized carbons (Fsp3) is 0.318. The van der Waals surface area contributed by atoms with Gasteiger partial charge < -0.3 is 15.0 Å². The first-order valence-electron chi connectivity index (χ1n) is 9.93. The second kappa shape index (κ2) is 7.77. The van der Waals surface area contributed by atoms with Crippen LogP contribution in [-0.2, 0) is 19.4 Å². The number of hydrogen-bond donors (Lipinski definition) is 1. The molecule has 1 N–H and O–H groups in total. The number of ether oxygens (including phenoxy) is 1. The van der Waals surface area contributed by atoms with Crippen molar-refractivity contribution in [1.82, 2.24) is 19.9 Å². The average Bonchev–Trinajstić information content (AvgIpc) is 3.10. The normalized spacial score (nSPS) is 14.2. The van der Waals surface area contributed by atoms with Crippen LogP contribution in [0.1, 0.15) is 16.8 Å². The zero-order chi connectivity index (χ0) is 20.7. The van der Waals surface area contributed by atoms with Gasteiger partial charge in [-0.3, -0.25) is 0 Å². The lowest BCUT2D eigenvalue weighted by Crippen LogP contribution is -2.27. The molecular weight excluding hydrogens is 401 g/mol. The van der Waals surface area contributed by atoms with Gasteiger partial charge in [-0.15, -0.1) is 11.3 Å². The third kappa shape index (κ3) is 3.46. The molecule has 4 aromatic rings. The molecule has 0 unspecified atom stereocenters. The number of halogens is 1.